The van der Waals surface area contributed by atoms with Crippen LogP contribution in [-0.4, -0.2) is 18.1 Å². The van der Waals surface area contributed by atoms with Crippen molar-refractivity contribution in [1.82, 2.24) is 4.98 Å². The monoisotopic (exact) mass is 441 g/mol. The van der Waals surface area contributed by atoms with E-state index in [1.54, 1.807) is 23.5 Å². The third-order valence-corrected chi connectivity index (χ3v) is 5.77. The summed E-state index contributed by atoms with van der Waals surface area (Å²) in [5, 5.41) is 3.01. The number of benzene rings is 3. The van der Waals surface area contributed by atoms with Crippen LogP contribution in [0.1, 0.15) is 32.1 Å². The number of aryl methyl sites for hydroxylation is 1. The lowest BCUT2D eigenvalue weighted by molar-refractivity contribution is 0.0600. The molecule has 0 aliphatic heterocycles. The van der Waals surface area contributed by atoms with Gasteiger partial charge in [-0.2, -0.15) is 0 Å². The van der Waals surface area contributed by atoms with Crippen molar-refractivity contribution in [3.63, 3.8) is 0 Å². The van der Waals surface area contributed by atoms with Crippen LogP contribution in [0.5, 0.6) is 5.75 Å². The molecule has 4 nitrogen and oxygen atoms in total. The number of thiazole rings is 1. The smallest absolute Gasteiger partial charge is 0.337 e. The van der Waals surface area contributed by atoms with E-state index in [4.69, 9.17) is 14.5 Å². The van der Waals surface area contributed by atoms with Crippen LogP contribution in [0.3, 0.4) is 0 Å². The summed E-state index contributed by atoms with van der Waals surface area (Å²) >= 11 is 1.61. The first-order chi connectivity index (χ1) is 15.6. The van der Waals surface area contributed by atoms with Crippen molar-refractivity contribution >= 4 is 29.5 Å². The molecule has 4 rings (SSSR count). The Hall–Kier alpha value is -3.70. The first-order valence-electron chi connectivity index (χ1n) is 10.2. The molecule has 0 unspecified atom stereocenters. The number of hydrogen-bond acceptors (Lipinski definition) is 5. The van der Waals surface area contributed by atoms with Crippen molar-refractivity contribution < 1.29 is 14.3 Å². The van der Waals surface area contributed by atoms with Crippen molar-refractivity contribution in [1.29, 1.82) is 0 Å². The molecule has 0 aliphatic carbocycles. The summed E-state index contributed by atoms with van der Waals surface area (Å²) in [4.78, 5) is 16.3. The molecule has 0 fully saturated rings. The summed E-state index contributed by atoms with van der Waals surface area (Å²) in [5.74, 6) is 0.441. The molecule has 1 heterocycles. The summed E-state index contributed by atoms with van der Waals surface area (Å²) in [5.41, 5.74) is 5.81. The van der Waals surface area contributed by atoms with Crippen LogP contribution in [0.25, 0.3) is 23.4 Å². The van der Waals surface area contributed by atoms with Crippen molar-refractivity contribution in [2.45, 2.75) is 13.5 Å². The number of para-hydroxylation sites is 1. The lowest BCUT2D eigenvalue weighted by Crippen LogP contribution is -2.02. The second-order valence-corrected chi connectivity index (χ2v) is 8.18. The SMILES string of the molecule is COC(=O)c1ccc(COc2ccccc2C=Cc2nc(-c3ccc(C)cc3)cs2)cc1. The molecule has 0 saturated heterocycles. The fraction of sp³-hybridized carbons (Fsp3) is 0.111. The highest BCUT2D eigenvalue weighted by molar-refractivity contribution is 7.10. The molecule has 4 aromatic rings. The van der Waals surface area contributed by atoms with Crippen LogP contribution in [-0.2, 0) is 11.3 Å². The molecule has 0 atom stereocenters. The number of carbonyl (C=O) groups excluding carboxylic acids is 1. The van der Waals surface area contributed by atoms with Gasteiger partial charge in [-0.25, -0.2) is 9.78 Å². The first kappa shape index (κ1) is 21.5. The van der Waals surface area contributed by atoms with E-state index in [0.717, 1.165) is 33.1 Å². The number of rotatable bonds is 7. The van der Waals surface area contributed by atoms with E-state index < -0.39 is 0 Å². The van der Waals surface area contributed by atoms with Gasteiger partial charge in [0.1, 0.15) is 17.4 Å². The number of aromatic nitrogens is 1. The lowest BCUT2D eigenvalue weighted by atomic mass is 10.1. The minimum absolute atomic E-state index is 0.347. The molecule has 5 heteroatoms. The molecule has 0 aliphatic rings. The molecule has 0 radical (unpaired) electrons. The fourth-order valence-corrected chi connectivity index (χ4v) is 3.87. The zero-order chi connectivity index (χ0) is 22.3. The van der Waals surface area contributed by atoms with Crippen molar-refractivity contribution in [3.8, 4) is 17.0 Å². The summed E-state index contributed by atoms with van der Waals surface area (Å²) in [6, 6.07) is 23.5. The number of esters is 1. The highest BCUT2D eigenvalue weighted by Gasteiger charge is 2.06. The second kappa shape index (κ2) is 10.1. The number of hydrogen-bond donors (Lipinski definition) is 0. The van der Waals surface area contributed by atoms with E-state index >= 15 is 0 Å². The Labute approximate surface area is 191 Å². The van der Waals surface area contributed by atoms with E-state index in [0.29, 0.717) is 12.2 Å². The quantitative estimate of drug-likeness (QED) is 0.301. The molecule has 0 N–H and O–H groups in total. The third kappa shape index (κ3) is 5.31. The summed E-state index contributed by atoms with van der Waals surface area (Å²) in [7, 11) is 1.37. The van der Waals surface area contributed by atoms with Gasteiger partial charge in [-0.05, 0) is 42.8 Å². The average Bonchev–Trinajstić information content (AvgIpc) is 3.31. The summed E-state index contributed by atoms with van der Waals surface area (Å²) in [6.07, 6.45) is 4.03. The van der Waals surface area contributed by atoms with Gasteiger partial charge in [0.15, 0.2) is 0 Å². The standard InChI is InChI=1S/C27H23NO3S/c1-19-7-11-21(12-8-19)24-18-32-26(28-24)16-15-22-5-3-4-6-25(22)31-17-20-9-13-23(14-10-20)27(29)30-2/h3-16,18H,17H2,1-2H3. The molecule has 160 valence electrons. The van der Waals surface area contributed by atoms with Crippen molar-refractivity contribution in [3.05, 3.63) is 105 Å². The maximum atomic E-state index is 11.6. The van der Waals surface area contributed by atoms with Gasteiger partial charge >= 0.3 is 5.97 Å². The van der Waals surface area contributed by atoms with E-state index in [1.165, 1.54) is 12.7 Å². The molecule has 0 spiro atoms. The molecule has 0 saturated carbocycles. The van der Waals surface area contributed by atoms with Gasteiger partial charge in [0.05, 0.1) is 18.4 Å². The molecule has 3 aromatic carbocycles. The molecular weight excluding hydrogens is 418 g/mol. The summed E-state index contributed by atoms with van der Waals surface area (Å²) in [6.45, 7) is 2.48. The summed E-state index contributed by atoms with van der Waals surface area (Å²) < 4.78 is 10.8. The van der Waals surface area contributed by atoms with E-state index in [9.17, 15) is 4.79 Å². The Morgan fingerprint density at radius 1 is 0.969 bits per heavy atom. The predicted octanol–water partition coefficient (Wildman–Crippen LogP) is 6.65. The second-order valence-electron chi connectivity index (χ2n) is 7.29. The van der Waals surface area contributed by atoms with Crippen LogP contribution in [0.15, 0.2) is 78.2 Å². The molecular formula is C27H23NO3S. The highest BCUT2D eigenvalue weighted by Crippen LogP contribution is 2.26. The molecule has 0 bridgehead atoms. The normalized spacial score (nSPS) is 10.9. The number of nitrogens with zero attached hydrogens (tertiary/aromatic N) is 1. The Morgan fingerprint density at radius 3 is 2.47 bits per heavy atom. The Morgan fingerprint density at radius 2 is 1.72 bits per heavy atom. The Balaban J connectivity index is 1.44. The van der Waals surface area contributed by atoms with Crippen LogP contribution in [0.4, 0.5) is 0 Å². The van der Waals surface area contributed by atoms with E-state index in [2.05, 4.69) is 36.6 Å². The minimum atomic E-state index is -0.347. The van der Waals surface area contributed by atoms with Crippen molar-refractivity contribution in [2.24, 2.45) is 0 Å². The number of carbonyl (C=O) groups is 1. The van der Waals surface area contributed by atoms with Crippen molar-refractivity contribution in [2.75, 3.05) is 7.11 Å². The topological polar surface area (TPSA) is 48.4 Å². The minimum Gasteiger partial charge on any atom is -0.488 e. The van der Waals surface area contributed by atoms with Gasteiger partial charge < -0.3 is 9.47 Å². The number of ether oxygens (including phenoxy) is 2. The fourth-order valence-electron chi connectivity index (χ4n) is 3.15. The van der Waals surface area contributed by atoms with Crippen LogP contribution in [0.2, 0.25) is 0 Å². The lowest BCUT2D eigenvalue weighted by Gasteiger charge is -2.09. The van der Waals surface area contributed by atoms with Gasteiger partial charge in [-0.3, -0.25) is 0 Å². The maximum absolute atomic E-state index is 11.6. The van der Waals surface area contributed by atoms with Gasteiger partial charge in [0.25, 0.3) is 0 Å². The Bertz CT molecular complexity index is 1220. The van der Waals surface area contributed by atoms with Gasteiger partial charge in [0, 0.05) is 16.5 Å². The zero-order valence-corrected chi connectivity index (χ0v) is 18.8. The van der Waals surface area contributed by atoms with Crippen LogP contribution in [0, 0.1) is 6.92 Å². The number of methoxy groups -OCH3 is 1. The average molecular weight is 442 g/mol. The van der Waals surface area contributed by atoms with Gasteiger partial charge in [-0.1, -0.05) is 60.2 Å². The molecule has 1 aromatic heterocycles. The van der Waals surface area contributed by atoms with Gasteiger partial charge in [-0.15, -0.1) is 11.3 Å². The molecule has 32 heavy (non-hydrogen) atoms. The van der Waals surface area contributed by atoms with E-state index in [-0.39, 0.29) is 5.97 Å². The predicted molar refractivity (Wildman–Crippen MR) is 130 cm³/mol. The third-order valence-electron chi connectivity index (χ3n) is 4.96. The van der Waals surface area contributed by atoms with Crippen LogP contribution >= 0.6 is 11.3 Å². The van der Waals surface area contributed by atoms with Gasteiger partial charge in [0.2, 0.25) is 0 Å². The highest BCUT2D eigenvalue weighted by atomic mass is 32.1. The Kier molecular flexibility index (Phi) is 6.78. The van der Waals surface area contributed by atoms with E-state index in [1.807, 2.05) is 48.6 Å². The van der Waals surface area contributed by atoms with Crippen LogP contribution < -0.4 is 4.74 Å². The largest absolute Gasteiger partial charge is 0.488 e. The zero-order valence-electron chi connectivity index (χ0n) is 17.9. The first-order valence-corrected chi connectivity index (χ1v) is 11.1. The molecule has 0 amide bonds. The maximum Gasteiger partial charge on any atom is 0.337 e.